The lowest BCUT2D eigenvalue weighted by atomic mass is 10.1. The first kappa shape index (κ1) is 23.8. The molecule has 3 aromatic rings. The van der Waals surface area contributed by atoms with Crippen LogP contribution >= 0.6 is 0 Å². The zero-order valence-electron chi connectivity index (χ0n) is 19.1. The van der Waals surface area contributed by atoms with E-state index >= 15 is 0 Å². The maximum absolute atomic E-state index is 13.0. The summed E-state index contributed by atoms with van der Waals surface area (Å²) in [5, 5.41) is 5.58. The van der Waals surface area contributed by atoms with E-state index in [1.165, 1.54) is 0 Å². The lowest BCUT2D eigenvalue weighted by Crippen LogP contribution is -2.30. The molecule has 35 heavy (non-hydrogen) atoms. The molecule has 0 saturated carbocycles. The van der Waals surface area contributed by atoms with E-state index in [1.807, 2.05) is 16.5 Å². The molecule has 1 aliphatic rings. The van der Waals surface area contributed by atoms with Gasteiger partial charge in [0.25, 0.3) is 11.5 Å². The van der Waals surface area contributed by atoms with Gasteiger partial charge in [-0.2, -0.15) is 0 Å². The number of benzene rings is 1. The molecule has 184 valence electrons. The number of pyridine rings is 1. The monoisotopic (exact) mass is 483 g/mol. The Hall–Kier alpha value is -4.35. The molecule has 2 aromatic heterocycles. The molecule has 2 amide bonds. The van der Waals surface area contributed by atoms with Crippen LogP contribution in [-0.2, 0) is 11.3 Å². The maximum Gasteiger partial charge on any atom is 0.325 e. The van der Waals surface area contributed by atoms with Crippen LogP contribution in [0.25, 0.3) is 10.9 Å². The third-order valence-electron chi connectivity index (χ3n) is 5.62. The predicted octanol–water partition coefficient (Wildman–Crippen LogP) is 1.06. The number of unbranched alkanes of at least 4 members (excludes halogenated alkanes) is 2. The fraction of sp³-hybridized carbons (Fsp3) is 0.348. The highest BCUT2D eigenvalue weighted by molar-refractivity contribution is 5.98. The van der Waals surface area contributed by atoms with Crippen LogP contribution in [0.1, 0.15) is 43.0 Å². The highest BCUT2D eigenvalue weighted by Crippen LogP contribution is 2.35. The van der Waals surface area contributed by atoms with Gasteiger partial charge in [0.15, 0.2) is 11.5 Å². The summed E-state index contributed by atoms with van der Waals surface area (Å²) in [5.74, 6) is 0.218. The average Bonchev–Trinajstić information content (AvgIpc) is 3.30. The van der Waals surface area contributed by atoms with Crippen molar-refractivity contribution in [3.63, 3.8) is 0 Å². The number of amides is 2. The van der Waals surface area contributed by atoms with Gasteiger partial charge in [-0.05, 0) is 25.8 Å². The van der Waals surface area contributed by atoms with Gasteiger partial charge in [-0.25, -0.2) is 4.79 Å². The summed E-state index contributed by atoms with van der Waals surface area (Å²) in [6, 6.07) is 3.35. The highest BCUT2D eigenvalue weighted by atomic mass is 16.7. The number of anilines is 1. The minimum Gasteiger partial charge on any atom is -0.454 e. The Labute approximate surface area is 198 Å². The summed E-state index contributed by atoms with van der Waals surface area (Å²) in [6.45, 7) is 2.90. The van der Waals surface area contributed by atoms with Crippen LogP contribution in [-0.4, -0.2) is 39.7 Å². The van der Waals surface area contributed by atoms with E-state index in [9.17, 15) is 24.0 Å². The number of nitrogens with zero attached hydrogens (tertiary/aromatic N) is 1. The third kappa shape index (κ3) is 5.26. The topological polar surface area (TPSA) is 164 Å². The van der Waals surface area contributed by atoms with Crippen molar-refractivity contribution in [1.82, 2.24) is 19.9 Å². The molecular formula is C23H25N5O7. The van der Waals surface area contributed by atoms with Crippen molar-refractivity contribution in [1.29, 1.82) is 0 Å². The van der Waals surface area contributed by atoms with Crippen molar-refractivity contribution in [3.8, 4) is 11.5 Å². The first-order chi connectivity index (χ1) is 16.9. The number of hydrogen-bond donors (Lipinski definition) is 4. The second-order valence-corrected chi connectivity index (χ2v) is 7.98. The normalized spacial score (nSPS) is 12.0. The number of fused-ring (bicyclic) bond motifs is 2. The zero-order valence-corrected chi connectivity index (χ0v) is 19.1. The summed E-state index contributed by atoms with van der Waals surface area (Å²) >= 11 is 0. The van der Waals surface area contributed by atoms with Gasteiger partial charge in [-0.1, -0.05) is 6.42 Å². The van der Waals surface area contributed by atoms with Crippen LogP contribution in [0.5, 0.6) is 11.5 Å². The minimum atomic E-state index is -0.675. The number of carbonyl (C=O) groups is 2. The van der Waals surface area contributed by atoms with Gasteiger partial charge in [0.1, 0.15) is 11.3 Å². The van der Waals surface area contributed by atoms with Crippen molar-refractivity contribution in [2.45, 2.75) is 39.2 Å². The first-order valence-electron chi connectivity index (χ1n) is 11.2. The van der Waals surface area contributed by atoms with Crippen molar-refractivity contribution in [3.05, 3.63) is 61.2 Å². The van der Waals surface area contributed by atoms with Crippen molar-refractivity contribution < 1.29 is 19.1 Å². The Balaban J connectivity index is 1.29. The molecule has 1 aliphatic heterocycles. The second kappa shape index (κ2) is 10.3. The number of carbonyl (C=O) groups excluding carboxylic acids is 2. The molecule has 1 aromatic carbocycles. The van der Waals surface area contributed by atoms with Crippen LogP contribution in [0, 0.1) is 0 Å². The lowest BCUT2D eigenvalue weighted by molar-refractivity contribution is -0.116. The second-order valence-electron chi connectivity index (χ2n) is 7.98. The SMILES string of the molecule is CCn1cc(C(=O)NCCCCCC(=O)Nc2c[nH]c(=O)[nH]c2=O)c(=O)c2cc3c(cc21)OCO3. The Morgan fingerprint density at radius 3 is 2.60 bits per heavy atom. The van der Waals surface area contributed by atoms with Gasteiger partial charge in [0.2, 0.25) is 18.1 Å². The molecule has 4 rings (SSSR count). The minimum absolute atomic E-state index is 0.0287. The van der Waals surface area contributed by atoms with Crippen LogP contribution in [0.2, 0.25) is 0 Å². The van der Waals surface area contributed by atoms with Gasteiger partial charge in [0.05, 0.1) is 10.9 Å². The van der Waals surface area contributed by atoms with Gasteiger partial charge in [0, 0.05) is 38.0 Å². The third-order valence-corrected chi connectivity index (χ3v) is 5.62. The summed E-state index contributed by atoms with van der Waals surface area (Å²) in [5.41, 5.74) is -1.03. The highest BCUT2D eigenvalue weighted by Gasteiger charge is 2.20. The van der Waals surface area contributed by atoms with E-state index in [-0.39, 0.29) is 35.8 Å². The van der Waals surface area contributed by atoms with Crippen LogP contribution in [0.3, 0.4) is 0 Å². The zero-order chi connectivity index (χ0) is 24.9. The number of aromatic amines is 2. The molecule has 3 heterocycles. The Morgan fingerprint density at radius 1 is 1.09 bits per heavy atom. The quantitative estimate of drug-likeness (QED) is 0.330. The number of hydrogen-bond acceptors (Lipinski definition) is 7. The van der Waals surface area contributed by atoms with Gasteiger partial charge < -0.3 is 29.7 Å². The Kier molecular flexibility index (Phi) is 6.99. The fourth-order valence-corrected chi connectivity index (χ4v) is 3.80. The average molecular weight is 483 g/mol. The number of aryl methyl sites for hydroxylation is 1. The molecule has 12 heteroatoms. The first-order valence-corrected chi connectivity index (χ1v) is 11.2. The number of H-pyrrole nitrogens is 2. The molecule has 4 N–H and O–H groups in total. The molecule has 0 radical (unpaired) electrons. The van der Waals surface area contributed by atoms with E-state index in [4.69, 9.17) is 9.47 Å². The van der Waals surface area contributed by atoms with Crippen LogP contribution < -0.4 is 36.8 Å². The number of ether oxygens (including phenoxy) is 2. The lowest BCUT2D eigenvalue weighted by Gasteiger charge is -2.12. The standard InChI is InChI=1S/C23H25N5O7/c1-2-28-11-14(20(30)13-8-17-18(9-16(13)28)35-12-34-17)21(31)24-7-5-3-4-6-19(29)26-15-10-25-23(33)27-22(15)32/h8-11H,2-7,12H2,1H3,(H,24,31)(H,26,29)(H2,25,27,32,33). The smallest absolute Gasteiger partial charge is 0.325 e. The number of aromatic nitrogens is 3. The van der Waals surface area contributed by atoms with Crippen LogP contribution in [0.4, 0.5) is 5.69 Å². The Morgan fingerprint density at radius 2 is 1.86 bits per heavy atom. The van der Waals surface area contributed by atoms with Gasteiger partial charge in [-0.15, -0.1) is 0 Å². The van der Waals surface area contributed by atoms with E-state index in [2.05, 4.69) is 15.6 Å². The number of rotatable bonds is 9. The van der Waals surface area contributed by atoms with E-state index in [1.54, 1.807) is 18.3 Å². The summed E-state index contributed by atoms with van der Waals surface area (Å²) in [4.78, 5) is 64.6. The summed E-state index contributed by atoms with van der Waals surface area (Å²) in [7, 11) is 0. The predicted molar refractivity (Wildman–Crippen MR) is 127 cm³/mol. The largest absolute Gasteiger partial charge is 0.454 e. The van der Waals surface area contributed by atoms with Crippen molar-refractivity contribution in [2.75, 3.05) is 18.7 Å². The molecule has 0 unspecified atom stereocenters. The van der Waals surface area contributed by atoms with E-state index in [0.29, 0.717) is 54.8 Å². The van der Waals surface area contributed by atoms with Crippen molar-refractivity contribution >= 4 is 28.4 Å². The molecule has 0 atom stereocenters. The molecule has 0 aliphatic carbocycles. The van der Waals surface area contributed by atoms with E-state index < -0.39 is 17.2 Å². The summed E-state index contributed by atoms with van der Waals surface area (Å²) < 4.78 is 12.6. The molecule has 0 spiro atoms. The molecule has 0 fully saturated rings. The van der Waals surface area contributed by atoms with E-state index in [0.717, 1.165) is 6.20 Å². The molecule has 12 nitrogen and oxygen atoms in total. The van der Waals surface area contributed by atoms with Crippen molar-refractivity contribution in [2.24, 2.45) is 0 Å². The van der Waals surface area contributed by atoms with Gasteiger partial charge in [-0.3, -0.25) is 24.2 Å². The van der Waals surface area contributed by atoms with Gasteiger partial charge >= 0.3 is 5.69 Å². The molecule has 0 saturated heterocycles. The molecule has 0 bridgehead atoms. The fourth-order valence-electron chi connectivity index (χ4n) is 3.80. The molecular weight excluding hydrogens is 458 g/mol. The maximum atomic E-state index is 13.0. The summed E-state index contributed by atoms with van der Waals surface area (Å²) in [6.07, 6.45) is 4.65. The van der Waals surface area contributed by atoms with Crippen LogP contribution in [0.15, 0.2) is 38.9 Å². The number of nitrogens with one attached hydrogen (secondary N) is 4. The Bertz CT molecular complexity index is 1450.